The smallest absolute Gasteiger partial charge is 0.0107 e. The van der Waals surface area contributed by atoms with Gasteiger partial charge in [0.1, 0.15) is 0 Å². The average molecular weight is 243 g/mol. The molecule has 0 N–H and O–H groups in total. The average Bonchev–Trinajstić information content (AvgIpc) is 2.28. The van der Waals surface area contributed by atoms with Gasteiger partial charge in [-0.2, -0.15) is 0 Å². The fourth-order valence-corrected chi connectivity index (χ4v) is 2.04. The molecule has 2 aliphatic rings. The molecule has 0 saturated carbocycles. The Morgan fingerprint density at radius 1 is 0.647 bits per heavy atom. The highest BCUT2D eigenvalue weighted by Crippen LogP contribution is 2.13. The van der Waals surface area contributed by atoms with Crippen LogP contribution in [0, 0.1) is 5.92 Å². The molecule has 2 heterocycles. The topological polar surface area (TPSA) is 9.72 Å². The molecule has 2 saturated heterocycles. The van der Waals surface area contributed by atoms with Crippen molar-refractivity contribution in [3.05, 3.63) is 0 Å². The zero-order valence-corrected chi connectivity index (χ0v) is 11.6. The second-order valence-electron chi connectivity index (χ2n) is 5.59. The molecule has 0 aromatic rings. The van der Waals surface area contributed by atoms with Crippen molar-refractivity contribution in [2.45, 2.75) is 27.2 Å². The molecule has 0 atom stereocenters. The van der Waals surface area contributed by atoms with Crippen molar-refractivity contribution in [3.8, 4) is 0 Å². The SMILES string of the molecule is C.CC1CCN(C)CC1.CN1CCN(C)CC1. The first-order chi connectivity index (χ1) is 7.58. The van der Waals surface area contributed by atoms with E-state index in [9.17, 15) is 0 Å². The predicted octanol–water partition coefficient (Wildman–Crippen LogP) is 1.85. The van der Waals surface area contributed by atoms with E-state index in [0.717, 1.165) is 5.92 Å². The predicted molar refractivity (Wildman–Crippen MR) is 77.6 cm³/mol. The fourth-order valence-electron chi connectivity index (χ4n) is 2.04. The lowest BCUT2D eigenvalue weighted by Gasteiger charge is -2.28. The summed E-state index contributed by atoms with van der Waals surface area (Å²) in [6, 6.07) is 0. The number of likely N-dealkylation sites (tertiary alicyclic amines) is 1. The van der Waals surface area contributed by atoms with Crippen LogP contribution in [0.25, 0.3) is 0 Å². The molecule has 0 radical (unpaired) electrons. The van der Waals surface area contributed by atoms with Crippen LogP contribution in [-0.4, -0.2) is 75.1 Å². The lowest BCUT2D eigenvalue weighted by atomic mass is 10.00. The van der Waals surface area contributed by atoms with Gasteiger partial charge in [-0.3, -0.25) is 0 Å². The monoisotopic (exact) mass is 243 g/mol. The zero-order valence-electron chi connectivity index (χ0n) is 11.6. The van der Waals surface area contributed by atoms with Crippen LogP contribution in [0.1, 0.15) is 27.2 Å². The fraction of sp³-hybridized carbons (Fsp3) is 1.00. The van der Waals surface area contributed by atoms with Gasteiger partial charge in [-0.1, -0.05) is 14.4 Å². The van der Waals surface area contributed by atoms with Gasteiger partial charge in [-0.15, -0.1) is 0 Å². The van der Waals surface area contributed by atoms with Crippen molar-refractivity contribution < 1.29 is 0 Å². The second kappa shape index (κ2) is 8.90. The van der Waals surface area contributed by atoms with Crippen molar-refractivity contribution in [3.63, 3.8) is 0 Å². The van der Waals surface area contributed by atoms with E-state index in [-0.39, 0.29) is 7.43 Å². The summed E-state index contributed by atoms with van der Waals surface area (Å²) >= 11 is 0. The van der Waals surface area contributed by atoms with Crippen LogP contribution in [-0.2, 0) is 0 Å². The maximum absolute atomic E-state index is 2.40. The Labute approximate surface area is 109 Å². The van der Waals surface area contributed by atoms with E-state index < -0.39 is 0 Å². The lowest BCUT2D eigenvalue weighted by Crippen LogP contribution is -2.42. The highest BCUT2D eigenvalue weighted by molar-refractivity contribution is 4.65. The molecule has 3 nitrogen and oxygen atoms in total. The summed E-state index contributed by atoms with van der Waals surface area (Å²) in [6.07, 6.45) is 2.80. The molecule has 2 rings (SSSR count). The maximum Gasteiger partial charge on any atom is 0.0107 e. The van der Waals surface area contributed by atoms with Crippen LogP contribution < -0.4 is 0 Å². The summed E-state index contributed by atoms with van der Waals surface area (Å²) in [7, 11) is 6.55. The Bertz CT molecular complexity index is 128. The van der Waals surface area contributed by atoms with Crippen LogP contribution in [0.4, 0.5) is 0 Å². The van der Waals surface area contributed by atoms with Gasteiger partial charge in [-0.05, 0) is 53.0 Å². The minimum absolute atomic E-state index is 0. The summed E-state index contributed by atoms with van der Waals surface area (Å²) in [5.74, 6) is 0.978. The molecule has 0 aromatic heterocycles. The number of hydrogen-bond acceptors (Lipinski definition) is 3. The first-order valence-electron chi connectivity index (χ1n) is 6.63. The van der Waals surface area contributed by atoms with Crippen molar-refractivity contribution in [2.24, 2.45) is 5.92 Å². The van der Waals surface area contributed by atoms with Crippen molar-refractivity contribution in [1.29, 1.82) is 0 Å². The first-order valence-corrected chi connectivity index (χ1v) is 6.63. The third kappa shape index (κ3) is 7.74. The minimum atomic E-state index is 0. The molecule has 17 heavy (non-hydrogen) atoms. The summed E-state index contributed by atoms with van der Waals surface area (Å²) in [5, 5.41) is 0. The number of piperidine rings is 1. The van der Waals surface area contributed by atoms with E-state index in [4.69, 9.17) is 0 Å². The summed E-state index contributed by atoms with van der Waals surface area (Å²) in [5.41, 5.74) is 0. The minimum Gasteiger partial charge on any atom is -0.306 e. The van der Waals surface area contributed by atoms with E-state index in [2.05, 4.69) is 42.8 Å². The number of nitrogens with zero attached hydrogens (tertiary/aromatic N) is 3. The largest absolute Gasteiger partial charge is 0.306 e. The summed E-state index contributed by atoms with van der Waals surface area (Å²) in [6.45, 7) is 9.88. The van der Waals surface area contributed by atoms with Crippen molar-refractivity contribution in [2.75, 3.05) is 60.4 Å². The molecule has 0 amide bonds. The van der Waals surface area contributed by atoms with E-state index in [1.165, 1.54) is 52.1 Å². The standard InChI is InChI=1S/C7H15N.C6H14N2.CH4/c2*1-7-3-5-8(2)6-4-7;/h7H,3-6H2,1-2H3;3-6H2,1-2H3;1H4. The van der Waals surface area contributed by atoms with Crippen LogP contribution >= 0.6 is 0 Å². The Morgan fingerprint density at radius 2 is 0.941 bits per heavy atom. The van der Waals surface area contributed by atoms with Gasteiger partial charge in [0.05, 0.1) is 0 Å². The van der Waals surface area contributed by atoms with Gasteiger partial charge in [0.15, 0.2) is 0 Å². The maximum atomic E-state index is 2.40. The Balaban J connectivity index is 0.000000284. The number of hydrogen-bond donors (Lipinski definition) is 0. The number of rotatable bonds is 0. The quantitative estimate of drug-likeness (QED) is 0.643. The van der Waals surface area contributed by atoms with Crippen molar-refractivity contribution >= 4 is 0 Å². The molecule has 0 aromatic carbocycles. The van der Waals surface area contributed by atoms with Crippen LogP contribution in [0.5, 0.6) is 0 Å². The van der Waals surface area contributed by atoms with E-state index in [1.807, 2.05) is 0 Å². The molecule has 0 unspecified atom stereocenters. The van der Waals surface area contributed by atoms with Gasteiger partial charge in [0.25, 0.3) is 0 Å². The van der Waals surface area contributed by atoms with Gasteiger partial charge in [0.2, 0.25) is 0 Å². The van der Waals surface area contributed by atoms with Gasteiger partial charge < -0.3 is 14.7 Å². The lowest BCUT2D eigenvalue weighted by molar-refractivity contribution is 0.181. The van der Waals surface area contributed by atoms with Crippen LogP contribution in [0.3, 0.4) is 0 Å². The Kier molecular flexibility index (Phi) is 8.83. The van der Waals surface area contributed by atoms with Crippen LogP contribution in [0.15, 0.2) is 0 Å². The third-order valence-electron chi connectivity index (χ3n) is 3.73. The Hall–Kier alpha value is -0.120. The van der Waals surface area contributed by atoms with E-state index >= 15 is 0 Å². The van der Waals surface area contributed by atoms with Gasteiger partial charge in [-0.25, -0.2) is 0 Å². The summed E-state index contributed by atoms with van der Waals surface area (Å²) in [4.78, 5) is 7.12. The summed E-state index contributed by atoms with van der Waals surface area (Å²) < 4.78 is 0. The first kappa shape index (κ1) is 16.9. The molecular formula is C14H33N3. The Morgan fingerprint density at radius 3 is 1.24 bits per heavy atom. The normalized spacial score (nSPS) is 24.7. The highest BCUT2D eigenvalue weighted by atomic mass is 15.2. The van der Waals surface area contributed by atoms with Gasteiger partial charge >= 0.3 is 0 Å². The zero-order chi connectivity index (χ0) is 12.0. The molecular weight excluding hydrogens is 210 g/mol. The van der Waals surface area contributed by atoms with Crippen LogP contribution in [0.2, 0.25) is 0 Å². The van der Waals surface area contributed by atoms with Gasteiger partial charge in [0, 0.05) is 26.2 Å². The van der Waals surface area contributed by atoms with Crippen molar-refractivity contribution in [1.82, 2.24) is 14.7 Å². The third-order valence-corrected chi connectivity index (χ3v) is 3.73. The highest BCUT2D eigenvalue weighted by Gasteiger charge is 2.10. The molecule has 104 valence electrons. The van der Waals surface area contributed by atoms with E-state index in [0.29, 0.717) is 0 Å². The molecule has 0 bridgehead atoms. The van der Waals surface area contributed by atoms with E-state index in [1.54, 1.807) is 0 Å². The molecule has 0 aliphatic carbocycles. The molecule has 0 spiro atoms. The number of likely N-dealkylation sites (N-methyl/N-ethyl adjacent to an activating group) is 2. The second-order valence-corrected chi connectivity index (χ2v) is 5.59. The molecule has 2 fully saturated rings. The molecule has 3 heteroatoms. The number of piperazine rings is 1. The molecule has 2 aliphatic heterocycles.